The highest BCUT2D eigenvalue weighted by atomic mass is 32.2. The van der Waals surface area contributed by atoms with Crippen molar-refractivity contribution in [2.75, 3.05) is 18.2 Å². The van der Waals surface area contributed by atoms with Gasteiger partial charge in [-0.2, -0.15) is 16.8 Å². The molecule has 0 saturated heterocycles. The van der Waals surface area contributed by atoms with Gasteiger partial charge in [-0.25, -0.2) is 15.0 Å². The molecule has 0 aliphatic rings. The third-order valence-corrected chi connectivity index (χ3v) is 4.74. The first-order chi connectivity index (χ1) is 17.4. The van der Waals surface area contributed by atoms with Crippen LogP contribution in [0.15, 0.2) is 42.5 Å². The molecule has 4 rings (SSSR count). The van der Waals surface area contributed by atoms with Gasteiger partial charge in [0.2, 0.25) is 5.95 Å². The normalized spacial score (nSPS) is 11.7. The molecule has 0 aliphatic heterocycles. The number of nitrogens with zero attached hydrogens (tertiary/aromatic N) is 4. The first-order valence-electron chi connectivity index (χ1n) is 11.6. The first-order valence-corrected chi connectivity index (χ1v) is 15.3. The Hall–Kier alpha value is -3.33. The van der Waals surface area contributed by atoms with Crippen LogP contribution in [0.4, 0.5) is 5.95 Å². The maximum atomic E-state index is 9.19. The van der Waals surface area contributed by atoms with Crippen molar-refractivity contribution in [1.82, 2.24) is 24.5 Å². The Kier molecular flexibility index (Phi) is 10.1. The smallest absolute Gasteiger partial charge is 0.261 e. The fourth-order valence-electron chi connectivity index (χ4n) is 3.36. The summed E-state index contributed by atoms with van der Waals surface area (Å²) in [6.07, 6.45) is 1.43. The summed E-state index contributed by atoms with van der Waals surface area (Å²) in [7, 11) is -7.33. The number of nitrogens with one attached hydrogen (secondary N) is 1. The standard InChI is InChI=1S/C22H26N6.2CH4O3S/c1-13(2)12-28-21-17(25-22(28)23)11-10-16(24-21)19-18(15-8-6-5-7-9-15)26-20(27-19)14(3)4;2*1-5(2,3)4/h5-11,13-14H,12H2,1-4H3,(H2,23,25)(H,26,27);2*1H3,(H,2,3,4). The second-order valence-electron chi connectivity index (χ2n) is 9.35. The van der Waals surface area contributed by atoms with Gasteiger partial charge >= 0.3 is 0 Å². The number of anilines is 1. The number of fused-ring (bicyclic) bond motifs is 1. The molecule has 0 aliphatic carbocycles. The van der Waals surface area contributed by atoms with E-state index in [-0.39, 0.29) is 0 Å². The number of imidazole rings is 2. The lowest BCUT2D eigenvalue weighted by Gasteiger charge is -2.09. The zero-order valence-corrected chi connectivity index (χ0v) is 23.7. The van der Waals surface area contributed by atoms with Crippen LogP contribution in [0.5, 0.6) is 0 Å². The molecule has 0 spiro atoms. The summed E-state index contributed by atoms with van der Waals surface area (Å²) in [6.45, 7) is 9.36. The number of hydrogen-bond donors (Lipinski definition) is 4. The summed E-state index contributed by atoms with van der Waals surface area (Å²) >= 11 is 0. The molecule has 12 nitrogen and oxygen atoms in total. The van der Waals surface area contributed by atoms with Gasteiger partial charge in [0.05, 0.1) is 29.6 Å². The van der Waals surface area contributed by atoms with Crippen LogP contribution in [-0.4, -0.2) is 63.0 Å². The Labute approximate surface area is 222 Å². The molecule has 4 aromatic rings. The average Bonchev–Trinajstić information content (AvgIpc) is 3.34. The van der Waals surface area contributed by atoms with Crippen LogP contribution in [0.25, 0.3) is 33.8 Å². The number of benzene rings is 1. The minimum absolute atomic E-state index is 0.294. The van der Waals surface area contributed by atoms with E-state index in [9.17, 15) is 16.8 Å². The van der Waals surface area contributed by atoms with E-state index in [0.717, 1.165) is 46.2 Å². The fourth-order valence-corrected chi connectivity index (χ4v) is 3.36. The lowest BCUT2D eigenvalue weighted by molar-refractivity contribution is 0.488. The third-order valence-electron chi connectivity index (χ3n) is 4.74. The van der Waals surface area contributed by atoms with Crippen LogP contribution in [0.1, 0.15) is 39.4 Å². The quantitative estimate of drug-likeness (QED) is 0.258. The predicted octanol–water partition coefficient (Wildman–Crippen LogP) is 3.86. The molecule has 38 heavy (non-hydrogen) atoms. The molecule has 0 radical (unpaired) electrons. The molecule has 0 amide bonds. The second kappa shape index (κ2) is 12.5. The van der Waals surface area contributed by atoms with Gasteiger partial charge in [-0.1, -0.05) is 58.0 Å². The minimum atomic E-state index is -3.67. The van der Waals surface area contributed by atoms with E-state index in [1.54, 1.807) is 0 Å². The summed E-state index contributed by atoms with van der Waals surface area (Å²) in [5, 5.41) is 0. The second-order valence-corrected chi connectivity index (χ2v) is 12.3. The molecular formula is C24H34N6O6S2. The molecule has 3 heterocycles. The highest BCUT2D eigenvalue weighted by Crippen LogP contribution is 2.32. The lowest BCUT2D eigenvalue weighted by atomic mass is 10.1. The fraction of sp³-hybridized carbons (Fsp3) is 0.375. The Morgan fingerprint density at radius 2 is 1.45 bits per heavy atom. The molecule has 0 bridgehead atoms. The number of H-pyrrole nitrogens is 1. The number of hydrogen-bond acceptors (Lipinski definition) is 8. The van der Waals surface area contributed by atoms with Crippen molar-refractivity contribution in [1.29, 1.82) is 0 Å². The number of nitrogens with two attached hydrogens (primary N) is 1. The largest absolute Gasteiger partial charge is 0.369 e. The van der Waals surface area contributed by atoms with Gasteiger partial charge in [0.15, 0.2) is 5.65 Å². The van der Waals surface area contributed by atoms with E-state index in [1.165, 1.54) is 0 Å². The predicted molar refractivity (Wildman–Crippen MR) is 149 cm³/mol. The number of aromatic amines is 1. The van der Waals surface area contributed by atoms with E-state index < -0.39 is 20.2 Å². The van der Waals surface area contributed by atoms with E-state index >= 15 is 0 Å². The van der Waals surface area contributed by atoms with Gasteiger partial charge in [0.25, 0.3) is 20.2 Å². The summed E-state index contributed by atoms with van der Waals surface area (Å²) < 4.78 is 53.7. The molecule has 208 valence electrons. The Morgan fingerprint density at radius 1 is 0.895 bits per heavy atom. The Morgan fingerprint density at radius 3 is 1.95 bits per heavy atom. The van der Waals surface area contributed by atoms with Gasteiger partial charge in [0.1, 0.15) is 11.3 Å². The number of aromatic nitrogens is 5. The molecule has 0 saturated carbocycles. The monoisotopic (exact) mass is 566 g/mol. The zero-order valence-electron chi connectivity index (χ0n) is 22.1. The van der Waals surface area contributed by atoms with E-state index in [4.69, 9.17) is 24.8 Å². The van der Waals surface area contributed by atoms with Crippen LogP contribution in [-0.2, 0) is 26.8 Å². The molecule has 0 unspecified atom stereocenters. The summed E-state index contributed by atoms with van der Waals surface area (Å²) in [5.74, 6) is 2.20. The minimum Gasteiger partial charge on any atom is -0.369 e. The van der Waals surface area contributed by atoms with Gasteiger partial charge in [-0.3, -0.25) is 13.7 Å². The molecule has 3 aromatic heterocycles. The van der Waals surface area contributed by atoms with Crippen molar-refractivity contribution in [2.24, 2.45) is 5.92 Å². The van der Waals surface area contributed by atoms with Gasteiger partial charge in [0, 0.05) is 18.0 Å². The number of pyridine rings is 1. The Bertz CT molecular complexity index is 1530. The van der Waals surface area contributed by atoms with Crippen LogP contribution in [0.2, 0.25) is 0 Å². The average molecular weight is 567 g/mol. The van der Waals surface area contributed by atoms with Crippen molar-refractivity contribution >= 4 is 37.3 Å². The summed E-state index contributed by atoms with van der Waals surface area (Å²) in [4.78, 5) is 17.8. The first kappa shape index (κ1) is 30.9. The van der Waals surface area contributed by atoms with Gasteiger partial charge in [-0.05, 0) is 18.1 Å². The van der Waals surface area contributed by atoms with Crippen molar-refractivity contribution in [3.05, 3.63) is 48.3 Å². The third kappa shape index (κ3) is 9.85. The maximum Gasteiger partial charge on any atom is 0.261 e. The van der Waals surface area contributed by atoms with E-state index in [0.29, 0.717) is 30.3 Å². The highest BCUT2D eigenvalue weighted by Gasteiger charge is 2.19. The van der Waals surface area contributed by atoms with Gasteiger partial charge in [-0.15, -0.1) is 0 Å². The Balaban J connectivity index is 0.000000435. The topological polar surface area (TPSA) is 194 Å². The molecular weight excluding hydrogens is 532 g/mol. The van der Waals surface area contributed by atoms with E-state index in [2.05, 4.69) is 49.8 Å². The summed E-state index contributed by atoms with van der Waals surface area (Å²) in [5.41, 5.74) is 11.5. The van der Waals surface area contributed by atoms with Crippen molar-refractivity contribution in [3.63, 3.8) is 0 Å². The van der Waals surface area contributed by atoms with Crippen LogP contribution >= 0.6 is 0 Å². The highest BCUT2D eigenvalue weighted by molar-refractivity contribution is 7.85. The zero-order chi connectivity index (χ0) is 28.8. The summed E-state index contributed by atoms with van der Waals surface area (Å²) in [6, 6.07) is 14.2. The molecule has 0 fully saturated rings. The number of rotatable bonds is 5. The van der Waals surface area contributed by atoms with Crippen LogP contribution in [0, 0.1) is 5.92 Å². The van der Waals surface area contributed by atoms with Crippen molar-refractivity contribution in [3.8, 4) is 22.6 Å². The van der Waals surface area contributed by atoms with E-state index in [1.807, 2.05) is 34.9 Å². The maximum absolute atomic E-state index is 9.19. The number of nitrogen functional groups attached to an aromatic ring is 1. The lowest BCUT2D eigenvalue weighted by Crippen LogP contribution is -2.08. The van der Waals surface area contributed by atoms with Crippen molar-refractivity contribution < 1.29 is 25.9 Å². The van der Waals surface area contributed by atoms with Crippen LogP contribution < -0.4 is 5.73 Å². The van der Waals surface area contributed by atoms with Crippen molar-refractivity contribution in [2.45, 2.75) is 40.2 Å². The molecule has 5 N–H and O–H groups in total. The van der Waals surface area contributed by atoms with Gasteiger partial charge < -0.3 is 10.7 Å². The SMILES string of the molecule is CC(C)Cn1c(N)nc2ccc(-c3[nH]c(C(C)C)nc3-c3ccccc3)nc21.CS(=O)(=O)O.CS(=O)(=O)O. The molecule has 1 aromatic carbocycles. The molecule has 14 heteroatoms. The van der Waals surface area contributed by atoms with Crippen LogP contribution in [0.3, 0.4) is 0 Å². The molecule has 0 atom stereocenters.